The quantitative estimate of drug-likeness (QED) is 0.181. The van der Waals surface area contributed by atoms with Crippen LogP contribution < -0.4 is 10.6 Å². The van der Waals surface area contributed by atoms with E-state index in [1.165, 1.54) is 23.5 Å². The zero-order valence-electron chi connectivity index (χ0n) is 20.5. The second kappa shape index (κ2) is 15.4. The van der Waals surface area contributed by atoms with Crippen molar-refractivity contribution in [1.29, 1.82) is 0 Å². The van der Waals surface area contributed by atoms with E-state index >= 15 is 0 Å². The van der Waals surface area contributed by atoms with E-state index in [0.29, 0.717) is 18.0 Å². The average molecular weight is 565 g/mol. The van der Waals surface area contributed by atoms with Crippen LogP contribution in [0.5, 0.6) is 0 Å². The number of aryl methyl sites for hydroxylation is 1. The third-order valence-electron chi connectivity index (χ3n) is 5.82. The predicted molar refractivity (Wildman–Crippen MR) is 146 cm³/mol. The van der Waals surface area contributed by atoms with Crippen LogP contribution in [0.4, 0.5) is 0 Å². The molecular weight excluding hydrogens is 519 g/mol. The van der Waals surface area contributed by atoms with Crippen LogP contribution in [0.25, 0.3) is 0 Å². The summed E-state index contributed by atoms with van der Waals surface area (Å²) in [5, 5.41) is 10.3. The molecule has 1 fully saturated rings. The molecule has 0 unspecified atom stereocenters. The van der Waals surface area contributed by atoms with Crippen molar-refractivity contribution >= 4 is 41.3 Å². The van der Waals surface area contributed by atoms with E-state index in [2.05, 4.69) is 72.3 Å². The van der Waals surface area contributed by atoms with Gasteiger partial charge in [-0.3, -0.25) is 14.8 Å². The molecule has 0 amide bonds. The molecule has 2 heterocycles. The van der Waals surface area contributed by atoms with Crippen molar-refractivity contribution in [2.24, 2.45) is 10.9 Å². The Hall–Kier alpha value is -0.450. The van der Waals surface area contributed by atoms with E-state index in [9.17, 15) is 0 Å². The Morgan fingerprint density at radius 2 is 1.90 bits per heavy atom. The second-order valence-electron chi connectivity index (χ2n) is 9.00. The van der Waals surface area contributed by atoms with Gasteiger partial charge in [0.25, 0.3) is 0 Å². The van der Waals surface area contributed by atoms with Crippen LogP contribution in [0.1, 0.15) is 64.6 Å². The smallest absolute Gasteiger partial charge is 0.191 e. The van der Waals surface area contributed by atoms with E-state index in [1.807, 2.05) is 0 Å². The molecule has 0 atom stereocenters. The number of guanidine groups is 1. The number of nitrogens with zero attached hydrogens (tertiary/aromatic N) is 4. The maximum atomic E-state index is 4.89. The molecule has 8 heteroatoms. The van der Waals surface area contributed by atoms with Crippen LogP contribution in [-0.4, -0.2) is 72.1 Å². The molecule has 6 nitrogen and oxygen atoms in total. The van der Waals surface area contributed by atoms with Gasteiger partial charge in [0.15, 0.2) is 5.96 Å². The maximum absolute atomic E-state index is 4.89. The molecule has 2 rings (SSSR count). The van der Waals surface area contributed by atoms with Crippen LogP contribution in [-0.2, 0) is 6.54 Å². The molecule has 1 saturated heterocycles. The molecule has 2 N–H and O–H groups in total. The Bertz CT molecular complexity index is 617. The number of aliphatic imine (C=N–C) groups is 1. The Morgan fingerprint density at radius 3 is 2.45 bits per heavy atom. The largest absolute Gasteiger partial charge is 0.357 e. The highest BCUT2D eigenvalue weighted by Gasteiger charge is 2.20. The first-order chi connectivity index (χ1) is 14.4. The lowest BCUT2D eigenvalue weighted by Gasteiger charge is -2.31. The molecule has 0 spiro atoms. The summed E-state index contributed by atoms with van der Waals surface area (Å²) in [6.45, 7) is 20.6. The van der Waals surface area contributed by atoms with Crippen molar-refractivity contribution in [2.75, 3.05) is 39.3 Å². The third-order valence-corrected chi connectivity index (χ3v) is 6.65. The number of hydrogen-bond donors (Lipinski definition) is 2. The van der Waals surface area contributed by atoms with Gasteiger partial charge in [-0.05, 0) is 79.8 Å². The lowest BCUT2D eigenvalue weighted by molar-refractivity contribution is 0.173. The minimum absolute atomic E-state index is 0. The summed E-state index contributed by atoms with van der Waals surface area (Å²) >= 11 is 1.75. The maximum Gasteiger partial charge on any atom is 0.191 e. The molecule has 31 heavy (non-hydrogen) atoms. The summed E-state index contributed by atoms with van der Waals surface area (Å²) in [6.07, 6.45) is 3.59. The number of aromatic nitrogens is 1. The van der Waals surface area contributed by atoms with Gasteiger partial charge in [0.2, 0.25) is 0 Å². The van der Waals surface area contributed by atoms with Crippen molar-refractivity contribution in [1.82, 2.24) is 25.4 Å². The van der Waals surface area contributed by atoms with Crippen LogP contribution in [0.15, 0.2) is 10.4 Å². The zero-order chi connectivity index (χ0) is 21.9. The molecule has 0 bridgehead atoms. The average Bonchev–Trinajstić information content (AvgIpc) is 3.11. The highest BCUT2D eigenvalue weighted by molar-refractivity contribution is 14.0. The molecule has 1 aromatic heterocycles. The summed E-state index contributed by atoms with van der Waals surface area (Å²) in [6, 6.07) is 1.19. The fourth-order valence-corrected chi connectivity index (χ4v) is 4.78. The van der Waals surface area contributed by atoms with Gasteiger partial charge in [-0.25, -0.2) is 4.98 Å². The number of halogens is 1. The topological polar surface area (TPSA) is 55.8 Å². The van der Waals surface area contributed by atoms with Gasteiger partial charge in [0, 0.05) is 50.2 Å². The van der Waals surface area contributed by atoms with Crippen LogP contribution in [0, 0.1) is 12.8 Å². The summed E-state index contributed by atoms with van der Waals surface area (Å²) in [7, 11) is 0. The van der Waals surface area contributed by atoms with Crippen molar-refractivity contribution in [3.05, 3.63) is 16.1 Å². The number of piperidine rings is 1. The normalized spacial score (nSPS) is 16.2. The summed E-state index contributed by atoms with van der Waals surface area (Å²) in [5.41, 5.74) is 1.22. The van der Waals surface area contributed by atoms with Crippen LogP contribution >= 0.6 is 35.3 Å². The van der Waals surface area contributed by atoms with E-state index in [4.69, 9.17) is 4.99 Å². The predicted octanol–water partition coefficient (Wildman–Crippen LogP) is 4.35. The lowest BCUT2D eigenvalue weighted by atomic mass is 9.97. The van der Waals surface area contributed by atoms with Crippen molar-refractivity contribution in [3.63, 3.8) is 0 Å². The first kappa shape index (κ1) is 28.6. The number of hydrogen-bond acceptors (Lipinski definition) is 5. The number of rotatable bonds is 11. The molecular formula is C23H45IN6S. The highest BCUT2D eigenvalue weighted by Crippen LogP contribution is 2.20. The molecule has 0 aromatic carbocycles. The minimum Gasteiger partial charge on any atom is -0.357 e. The van der Waals surface area contributed by atoms with E-state index in [-0.39, 0.29) is 24.0 Å². The van der Waals surface area contributed by atoms with E-state index < -0.39 is 0 Å². The first-order valence-corrected chi connectivity index (χ1v) is 12.7. The van der Waals surface area contributed by atoms with Crippen molar-refractivity contribution in [2.45, 2.75) is 79.4 Å². The van der Waals surface area contributed by atoms with Gasteiger partial charge in [0.05, 0.1) is 10.7 Å². The Kier molecular flexibility index (Phi) is 14.2. The number of likely N-dealkylation sites (tertiary alicyclic amines) is 1. The number of thiazole rings is 1. The summed E-state index contributed by atoms with van der Waals surface area (Å²) < 4.78 is 0. The fraction of sp³-hybridized carbons (Fsp3) is 0.826. The van der Waals surface area contributed by atoms with Gasteiger partial charge in [-0.2, -0.15) is 0 Å². The summed E-state index contributed by atoms with van der Waals surface area (Å²) in [4.78, 5) is 14.6. The lowest BCUT2D eigenvalue weighted by Crippen LogP contribution is -2.41. The summed E-state index contributed by atoms with van der Waals surface area (Å²) in [5.74, 6) is 1.66. The third kappa shape index (κ3) is 10.8. The van der Waals surface area contributed by atoms with E-state index in [1.54, 1.807) is 11.3 Å². The van der Waals surface area contributed by atoms with Gasteiger partial charge in [-0.15, -0.1) is 35.3 Å². The zero-order valence-corrected chi connectivity index (χ0v) is 23.6. The molecule has 0 radical (unpaired) electrons. The standard InChI is InChI=1S/C23H44N6S.HI/c1-7-24-23(25-11-8-12-29(18(2)3)19(4)5)26-15-21-9-13-28(14-10-21)16-22-17-30-20(6)27-22;/h17-19,21H,7-16H2,1-6H3,(H2,24,25,26);1H. The van der Waals surface area contributed by atoms with Gasteiger partial charge in [-0.1, -0.05) is 0 Å². The molecule has 180 valence electrons. The Balaban J connectivity index is 0.00000480. The fourth-order valence-electron chi connectivity index (χ4n) is 4.18. The Labute approximate surface area is 211 Å². The van der Waals surface area contributed by atoms with Crippen molar-refractivity contribution < 1.29 is 0 Å². The van der Waals surface area contributed by atoms with Crippen molar-refractivity contribution in [3.8, 4) is 0 Å². The monoisotopic (exact) mass is 564 g/mol. The molecule has 0 aliphatic carbocycles. The SMILES string of the molecule is CCNC(=NCC1CCN(Cc2csc(C)n2)CC1)NCCCN(C(C)C)C(C)C.I. The highest BCUT2D eigenvalue weighted by atomic mass is 127. The number of nitrogens with one attached hydrogen (secondary N) is 2. The second-order valence-corrected chi connectivity index (χ2v) is 10.1. The van der Waals surface area contributed by atoms with Gasteiger partial charge < -0.3 is 10.6 Å². The molecule has 1 aliphatic heterocycles. The Morgan fingerprint density at radius 1 is 1.23 bits per heavy atom. The van der Waals surface area contributed by atoms with E-state index in [0.717, 1.165) is 58.2 Å². The molecule has 1 aromatic rings. The first-order valence-electron chi connectivity index (χ1n) is 11.8. The molecule has 0 saturated carbocycles. The van der Waals surface area contributed by atoms with Crippen LogP contribution in [0.2, 0.25) is 0 Å². The van der Waals surface area contributed by atoms with Gasteiger partial charge >= 0.3 is 0 Å². The van der Waals surface area contributed by atoms with Crippen LogP contribution in [0.3, 0.4) is 0 Å². The minimum atomic E-state index is 0. The van der Waals surface area contributed by atoms with Gasteiger partial charge in [0.1, 0.15) is 0 Å². The molecule has 1 aliphatic rings.